The van der Waals surface area contributed by atoms with Gasteiger partial charge in [-0.05, 0) is 112 Å². The zero-order valence-corrected chi connectivity index (χ0v) is 21.6. The molecule has 204 valence electrons. The van der Waals surface area contributed by atoms with Crippen molar-refractivity contribution >= 4 is 16.9 Å². The summed E-state index contributed by atoms with van der Waals surface area (Å²) in [4.78, 5) is 18.8. The van der Waals surface area contributed by atoms with Gasteiger partial charge in [0.05, 0.1) is 18.0 Å². The first kappa shape index (κ1) is 27.8. The Morgan fingerprint density at radius 3 is 2.47 bits per heavy atom. The second kappa shape index (κ2) is 11.7. The molecule has 9 heteroatoms. The van der Waals surface area contributed by atoms with Crippen LogP contribution in [0.25, 0.3) is 10.9 Å². The summed E-state index contributed by atoms with van der Waals surface area (Å²) < 4.78 is 61.0. The molecule has 0 spiro atoms. The van der Waals surface area contributed by atoms with E-state index in [0.717, 1.165) is 12.1 Å². The molecule has 1 atom stereocenters. The lowest BCUT2D eigenvalue weighted by Gasteiger charge is -2.39. The number of likely N-dealkylation sites (tertiary alicyclic amines) is 1. The van der Waals surface area contributed by atoms with Crippen molar-refractivity contribution in [2.45, 2.75) is 51.6 Å². The molecule has 0 unspecified atom stereocenters. The molecule has 1 saturated heterocycles. The van der Waals surface area contributed by atoms with Crippen molar-refractivity contribution in [1.29, 1.82) is 0 Å². The molecule has 4 rings (SSSR count). The van der Waals surface area contributed by atoms with Crippen molar-refractivity contribution in [3.05, 3.63) is 70.7 Å². The van der Waals surface area contributed by atoms with Gasteiger partial charge < -0.3 is 14.7 Å². The SMILES string of the molecule is COc1ccc2ncc(C)c([C@@H](F)CCC3(C(=O)O)CCN(CCCc4cc(F)c(F)c(F)c4)CC3)c2c1. The molecule has 0 saturated carbocycles. The summed E-state index contributed by atoms with van der Waals surface area (Å²) in [5.74, 6) is -4.20. The molecule has 1 aromatic heterocycles. The van der Waals surface area contributed by atoms with Gasteiger partial charge in [-0.3, -0.25) is 9.78 Å². The topological polar surface area (TPSA) is 62.7 Å². The van der Waals surface area contributed by atoms with E-state index in [4.69, 9.17) is 4.74 Å². The number of carboxylic acid groups (broad SMARTS) is 1. The average Bonchev–Trinajstić information content (AvgIpc) is 2.90. The molecule has 3 aromatic rings. The Morgan fingerprint density at radius 1 is 1.16 bits per heavy atom. The van der Waals surface area contributed by atoms with Crippen LogP contribution < -0.4 is 4.74 Å². The van der Waals surface area contributed by atoms with Crippen LogP contribution in [-0.2, 0) is 11.2 Å². The summed E-state index contributed by atoms with van der Waals surface area (Å²) in [6, 6.07) is 7.31. The van der Waals surface area contributed by atoms with Gasteiger partial charge in [0.2, 0.25) is 0 Å². The maximum atomic E-state index is 15.7. The number of benzene rings is 2. The fourth-order valence-electron chi connectivity index (χ4n) is 5.42. The number of rotatable bonds is 10. The van der Waals surface area contributed by atoms with Crippen molar-refractivity contribution in [1.82, 2.24) is 9.88 Å². The second-order valence-electron chi connectivity index (χ2n) is 10.1. The van der Waals surface area contributed by atoms with Crippen LogP contribution in [0.15, 0.2) is 36.5 Å². The fraction of sp³-hybridized carbons (Fsp3) is 0.448. The summed E-state index contributed by atoms with van der Waals surface area (Å²) in [5.41, 5.74) is 1.24. The lowest BCUT2D eigenvalue weighted by molar-refractivity contribution is -0.153. The average molecular weight is 533 g/mol. The molecule has 1 aliphatic heterocycles. The smallest absolute Gasteiger partial charge is 0.309 e. The van der Waals surface area contributed by atoms with Gasteiger partial charge in [-0.15, -0.1) is 0 Å². The number of aromatic nitrogens is 1. The molecule has 1 fully saturated rings. The Hall–Kier alpha value is -3.20. The molecule has 2 aromatic carbocycles. The number of halogens is 4. The van der Waals surface area contributed by atoms with Crippen LogP contribution in [0.1, 0.15) is 55.0 Å². The first-order valence-electron chi connectivity index (χ1n) is 12.8. The lowest BCUT2D eigenvalue weighted by atomic mass is 9.74. The van der Waals surface area contributed by atoms with Crippen molar-refractivity contribution in [3.8, 4) is 5.75 Å². The molecule has 0 radical (unpaired) electrons. The van der Waals surface area contributed by atoms with Crippen molar-refractivity contribution in [3.63, 3.8) is 0 Å². The highest BCUT2D eigenvalue weighted by Gasteiger charge is 2.41. The number of hydrogen-bond acceptors (Lipinski definition) is 4. The van der Waals surface area contributed by atoms with E-state index in [1.165, 1.54) is 0 Å². The van der Waals surface area contributed by atoms with E-state index in [2.05, 4.69) is 9.88 Å². The van der Waals surface area contributed by atoms with Crippen LogP contribution in [0.2, 0.25) is 0 Å². The molecule has 1 N–H and O–H groups in total. The molecule has 2 heterocycles. The van der Waals surface area contributed by atoms with Crippen LogP contribution in [-0.4, -0.2) is 47.7 Å². The van der Waals surface area contributed by atoms with Gasteiger partial charge >= 0.3 is 5.97 Å². The quantitative estimate of drug-likeness (QED) is 0.237. The number of nitrogens with zero attached hydrogens (tertiary/aromatic N) is 2. The number of fused-ring (bicyclic) bond motifs is 1. The van der Waals surface area contributed by atoms with E-state index < -0.39 is 35.0 Å². The van der Waals surface area contributed by atoms with Crippen LogP contribution in [0.5, 0.6) is 5.75 Å². The number of aliphatic carboxylic acids is 1. The number of hydrogen-bond donors (Lipinski definition) is 1. The molecule has 1 aliphatic rings. The minimum Gasteiger partial charge on any atom is -0.497 e. The number of carboxylic acids is 1. The lowest BCUT2D eigenvalue weighted by Crippen LogP contribution is -2.44. The van der Waals surface area contributed by atoms with Crippen LogP contribution in [0.4, 0.5) is 17.6 Å². The Labute approximate surface area is 219 Å². The fourth-order valence-corrected chi connectivity index (χ4v) is 5.42. The van der Waals surface area contributed by atoms with Crippen molar-refractivity contribution in [2.24, 2.45) is 5.41 Å². The van der Waals surface area contributed by atoms with Crippen molar-refractivity contribution < 1.29 is 32.2 Å². The maximum Gasteiger partial charge on any atom is 0.309 e. The number of alkyl halides is 1. The number of piperidine rings is 1. The van der Waals surface area contributed by atoms with E-state index >= 15 is 4.39 Å². The number of ether oxygens (including phenoxy) is 1. The summed E-state index contributed by atoms with van der Waals surface area (Å²) >= 11 is 0. The van der Waals surface area contributed by atoms with Crippen LogP contribution >= 0.6 is 0 Å². The molecule has 0 aliphatic carbocycles. The third-order valence-corrected chi connectivity index (χ3v) is 7.76. The molecule has 0 bridgehead atoms. The van der Waals surface area contributed by atoms with Crippen LogP contribution in [0.3, 0.4) is 0 Å². The Kier molecular flexibility index (Phi) is 8.55. The Morgan fingerprint density at radius 2 is 1.84 bits per heavy atom. The summed E-state index contributed by atoms with van der Waals surface area (Å²) in [6.45, 7) is 3.48. The number of methoxy groups -OCH3 is 1. The molecule has 38 heavy (non-hydrogen) atoms. The highest BCUT2D eigenvalue weighted by Crippen LogP contribution is 2.41. The van der Waals surface area contributed by atoms with Gasteiger partial charge in [0.15, 0.2) is 17.5 Å². The van der Waals surface area contributed by atoms with E-state index in [1.807, 2.05) is 0 Å². The van der Waals surface area contributed by atoms with Crippen LogP contribution in [0, 0.1) is 29.8 Å². The first-order valence-corrected chi connectivity index (χ1v) is 12.8. The minimum absolute atomic E-state index is 0.0746. The van der Waals surface area contributed by atoms with Gasteiger partial charge in [0.25, 0.3) is 0 Å². The highest BCUT2D eigenvalue weighted by atomic mass is 19.2. The predicted octanol–water partition coefficient (Wildman–Crippen LogP) is 6.56. The van der Waals surface area contributed by atoms with Crippen molar-refractivity contribution in [2.75, 3.05) is 26.7 Å². The Balaban J connectivity index is 1.36. The normalized spacial score (nSPS) is 16.5. The summed E-state index contributed by atoms with van der Waals surface area (Å²) in [7, 11) is 1.54. The van der Waals surface area contributed by atoms with Gasteiger partial charge in [-0.1, -0.05) is 0 Å². The molecular formula is C29H32F4N2O3. The summed E-state index contributed by atoms with van der Waals surface area (Å²) in [6.07, 6.45) is 2.31. The molecular weight excluding hydrogens is 500 g/mol. The number of aryl methyl sites for hydroxylation is 2. The number of carbonyl (C=O) groups is 1. The predicted molar refractivity (Wildman–Crippen MR) is 136 cm³/mol. The van der Waals surface area contributed by atoms with E-state index in [1.54, 1.807) is 38.4 Å². The monoisotopic (exact) mass is 532 g/mol. The van der Waals surface area contributed by atoms with E-state index in [0.29, 0.717) is 78.7 Å². The second-order valence-corrected chi connectivity index (χ2v) is 10.1. The third-order valence-electron chi connectivity index (χ3n) is 7.76. The third kappa shape index (κ3) is 5.93. The molecule has 0 amide bonds. The minimum atomic E-state index is -1.47. The largest absolute Gasteiger partial charge is 0.497 e. The Bertz CT molecular complexity index is 1290. The molecule has 5 nitrogen and oxygen atoms in total. The maximum absolute atomic E-state index is 15.7. The zero-order chi connectivity index (χ0) is 27.4. The van der Waals surface area contributed by atoms with Gasteiger partial charge in [-0.25, -0.2) is 17.6 Å². The van der Waals surface area contributed by atoms with Gasteiger partial charge in [0.1, 0.15) is 11.9 Å². The van der Waals surface area contributed by atoms with E-state index in [-0.39, 0.29) is 12.8 Å². The first-order chi connectivity index (χ1) is 18.1. The highest BCUT2D eigenvalue weighted by molar-refractivity contribution is 5.85. The zero-order valence-electron chi connectivity index (χ0n) is 21.6. The summed E-state index contributed by atoms with van der Waals surface area (Å²) in [5, 5.41) is 10.7. The standard InChI is InChI=1S/C29H32F4N2O3/c1-18-17-34-25-6-5-20(38-2)16-21(25)26(18)22(30)7-8-29(28(36)37)9-12-35(13-10-29)11-3-4-19-14-23(31)27(33)24(32)15-19/h5-6,14-17,22H,3-4,7-13H2,1-2H3,(H,36,37)/t22-/m0/s1. The van der Waals surface area contributed by atoms with Gasteiger partial charge in [0, 0.05) is 11.6 Å². The van der Waals surface area contributed by atoms with E-state index in [9.17, 15) is 23.1 Å². The van der Waals surface area contributed by atoms with Gasteiger partial charge in [-0.2, -0.15) is 0 Å². The number of pyridine rings is 1.